The van der Waals surface area contributed by atoms with Crippen molar-refractivity contribution in [2.75, 3.05) is 6.61 Å². The molecule has 1 fully saturated rings. The van der Waals surface area contributed by atoms with Crippen molar-refractivity contribution < 1.29 is 4.74 Å². The van der Waals surface area contributed by atoms with E-state index in [0.717, 1.165) is 18.9 Å². The van der Waals surface area contributed by atoms with Crippen LogP contribution in [0.1, 0.15) is 46.5 Å². The molecule has 1 heterocycles. The molecule has 84 valence electrons. The Morgan fingerprint density at radius 1 is 1.36 bits per heavy atom. The minimum atomic E-state index is 0.360. The Morgan fingerprint density at radius 3 is 2.57 bits per heavy atom. The normalized spacial score (nSPS) is 29.8. The van der Waals surface area contributed by atoms with Gasteiger partial charge in [-0.2, -0.15) is 0 Å². The quantitative estimate of drug-likeness (QED) is 0.738. The number of nitrogens with two attached hydrogens (primary N) is 1. The van der Waals surface area contributed by atoms with Crippen molar-refractivity contribution in [1.82, 2.24) is 0 Å². The van der Waals surface area contributed by atoms with Crippen molar-refractivity contribution in [3.63, 3.8) is 0 Å². The number of rotatable bonds is 5. The molecule has 2 nitrogen and oxygen atoms in total. The SMILES string of the molecule is CC(C)CCCC(N)C1COC(C)C1. The molecule has 0 aromatic rings. The second-order valence-corrected chi connectivity index (χ2v) is 5.13. The molecule has 0 radical (unpaired) electrons. The molecule has 0 saturated carbocycles. The average Bonchev–Trinajstić information content (AvgIpc) is 2.51. The highest BCUT2D eigenvalue weighted by atomic mass is 16.5. The minimum Gasteiger partial charge on any atom is -0.378 e. The van der Waals surface area contributed by atoms with E-state index in [2.05, 4.69) is 20.8 Å². The highest BCUT2D eigenvalue weighted by molar-refractivity contribution is 4.79. The third-order valence-electron chi connectivity index (χ3n) is 3.15. The molecule has 2 N–H and O–H groups in total. The zero-order valence-corrected chi connectivity index (χ0v) is 9.83. The van der Waals surface area contributed by atoms with Crippen molar-refractivity contribution in [3.05, 3.63) is 0 Å². The van der Waals surface area contributed by atoms with E-state index in [9.17, 15) is 0 Å². The maximum absolute atomic E-state index is 6.15. The van der Waals surface area contributed by atoms with Crippen LogP contribution in [0.25, 0.3) is 0 Å². The van der Waals surface area contributed by atoms with Gasteiger partial charge in [0.1, 0.15) is 0 Å². The zero-order valence-electron chi connectivity index (χ0n) is 9.83. The van der Waals surface area contributed by atoms with Crippen LogP contribution in [0.15, 0.2) is 0 Å². The van der Waals surface area contributed by atoms with Crippen molar-refractivity contribution in [2.45, 2.75) is 58.6 Å². The van der Waals surface area contributed by atoms with Crippen LogP contribution in [0.3, 0.4) is 0 Å². The molecular formula is C12H25NO. The fourth-order valence-electron chi connectivity index (χ4n) is 2.15. The summed E-state index contributed by atoms with van der Waals surface area (Å²) in [5.74, 6) is 1.41. The van der Waals surface area contributed by atoms with Gasteiger partial charge in [0.05, 0.1) is 12.7 Å². The molecule has 1 aliphatic heterocycles. The van der Waals surface area contributed by atoms with Crippen LogP contribution in [-0.4, -0.2) is 18.8 Å². The predicted octanol–water partition coefficient (Wildman–Crippen LogP) is 2.57. The smallest absolute Gasteiger partial charge is 0.0551 e. The van der Waals surface area contributed by atoms with Crippen LogP contribution in [0.5, 0.6) is 0 Å². The summed E-state index contributed by atoms with van der Waals surface area (Å²) >= 11 is 0. The summed E-state index contributed by atoms with van der Waals surface area (Å²) in [5, 5.41) is 0. The third-order valence-corrected chi connectivity index (χ3v) is 3.15. The van der Waals surface area contributed by atoms with Crippen LogP contribution in [0, 0.1) is 11.8 Å². The lowest BCUT2D eigenvalue weighted by Gasteiger charge is -2.17. The van der Waals surface area contributed by atoms with E-state index in [1.807, 2.05) is 0 Å². The lowest BCUT2D eigenvalue weighted by atomic mass is 9.92. The van der Waals surface area contributed by atoms with Crippen LogP contribution >= 0.6 is 0 Å². The Morgan fingerprint density at radius 2 is 2.07 bits per heavy atom. The van der Waals surface area contributed by atoms with Gasteiger partial charge in [-0.15, -0.1) is 0 Å². The third kappa shape index (κ3) is 3.97. The van der Waals surface area contributed by atoms with E-state index >= 15 is 0 Å². The van der Waals surface area contributed by atoms with E-state index in [-0.39, 0.29) is 0 Å². The molecule has 0 aliphatic carbocycles. The van der Waals surface area contributed by atoms with Gasteiger partial charge in [0.2, 0.25) is 0 Å². The molecule has 2 heteroatoms. The summed E-state index contributed by atoms with van der Waals surface area (Å²) in [7, 11) is 0. The predicted molar refractivity (Wildman–Crippen MR) is 60.2 cm³/mol. The molecule has 0 bridgehead atoms. The molecule has 0 amide bonds. The first-order valence-corrected chi connectivity index (χ1v) is 5.96. The molecule has 3 unspecified atom stereocenters. The summed E-state index contributed by atoms with van der Waals surface area (Å²) in [6.07, 6.45) is 5.32. The first-order chi connectivity index (χ1) is 6.59. The van der Waals surface area contributed by atoms with E-state index in [4.69, 9.17) is 10.5 Å². The Bertz CT molecular complexity index is 158. The number of ether oxygens (including phenoxy) is 1. The van der Waals surface area contributed by atoms with Gasteiger partial charge in [-0.05, 0) is 31.6 Å². The van der Waals surface area contributed by atoms with Gasteiger partial charge in [-0.1, -0.05) is 26.7 Å². The molecule has 0 spiro atoms. The molecule has 14 heavy (non-hydrogen) atoms. The Hall–Kier alpha value is -0.0800. The van der Waals surface area contributed by atoms with Crippen LogP contribution in [0.4, 0.5) is 0 Å². The Kier molecular flexibility index (Phi) is 4.90. The van der Waals surface area contributed by atoms with Gasteiger partial charge in [0, 0.05) is 6.04 Å². The second-order valence-electron chi connectivity index (χ2n) is 5.13. The zero-order chi connectivity index (χ0) is 10.6. The second kappa shape index (κ2) is 5.72. The van der Waals surface area contributed by atoms with Crippen LogP contribution < -0.4 is 5.73 Å². The molecule has 1 saturated heterocycles. The summed E-state index contributed by atoms with van der Waals surface area (Å²) in [6, 6.07) is 0.360. The van der Waals surface area contributed by atoms with Crippen molar-refractivity contribution in [2.24, 2.45) is 17.6 Å². The molecule has 0 aromatic heterocycles. The lowest BCUT2D eigenvalue weighted by molar-refractivity contribution is 0.118. The van der Waals surface area contributed by atoms with E-state index in [1.54, 1.807) is 0 Å². The maximum Gasteiger partial charge on any atom is 0.0551 e. The van der Waals surface area contributed by atoms with Gasteiger partial charge in [-0.25, -0.2) is 0 Å². The lowest BCUT2D eigenvalue weighted by Crippen LogP contribution is -2.30. The fourth-order valence-corrected chi connectivity index (χ4v) is 2.15. The van der Waals surface area contributed by atoms with Crippen molar-refractivity contribution in [3.8, 4) is 0 Å². The van der Waals surface area contributed by atoms with Crippen LogP contribution in [-0.2, 0) is 4.74 Å². The van der Waals surface area contributed by atoms with Gasteiger partial charge < -0.3 is 10.5 Å². The number of hydrogen-bond acceptors (Lipinski definition) is 2. The minimum absolute atomic E-state index is 0.360. The average molecular weight is 199 g/mol. The molecule has 0 aromatic carbocycles. The molecule has 1 aliphatic rings. The van der Waals surface area contributed by atoms with Gasteiger partial charge >= 0.3 is 0 Å². The van der Waals surface area contributed by atoms with Gasteiger partial charge in [0.25, 0.3) is 0 Å². The van der Waals surface area contributed by atoms with Gasteiger partial charge in [0.15, 0.2) is 0 Å². The Balaban J connectivity index is 2.12. The molecular weight excluding hydrogens is 174 g/mol. The largest absolute Gasteiger partial charge is 0.378 e. The Labute approximate surface area is 88.2 Å². The van der Waals surface area contributed by atoms with Crippen LogP contribution in [0.2, 0.25) is 0 Å². The highest BCUT2D eigenvalue weighted by Crippen LogP contribution is 2.24. The summed E-state index contributed by atoms with van der Waals surface area (Å²) < 4.78 is 5.53. The van der Waals surface area contributed by atoms with Crippen molar-refractivity contribution in [1.29, 1.82) is 0 Å². The monoisotopic (exact) mass is 199 g/mol. The van der Waals surface area contributed by atoms with E-state index in [0.29, 0.717) is 18.1 Å². The van der Waals surface area contributed by atoms with E-state index < -0.39 is 0 Å². The number of hydrogen-bond donors (Lipinski definition) is 1. The topological polar surface area (TPSA) is 35.2 Å². The standard InChI is InChI=1S/C12H25NO/c1-9(2)5-4-6-12(13)11-7-10(3)14-8-11/h9-12H,4-8,13H2,1-3H3. The van der Waals surface area contributed by atoms with Gasteiger partial charge in [-0.3, -0.25) is 0 Å². The summed E-state index contributed by atoms with van der Waals surface area (Å²) in [4.78, 5) is 0. The first kappa shape index (κ1) is 12.0. The summed E-state index contributed by atoms with van der Waals surface area (Å²) in [6.45, 7) is 7.56. The fraction of sp³-hybridized carbons (Fsp3) is 1.00. The summed E-state index contributed by atoms with van der Waals surface area (Å²) in [5.41, 5.74) is 6.15. The molecule has 3 atom stereocenters. The maximum atomic E-state index is 6.15. The van der Waals surface area contributed by atoms with E-state index in [1.165, 1.54) is 19.3 Å². The van der Waals surface area contributed by atoms with Crippen molar-refractivity contribution >= 4 is 0 Å². The first-order valence-electron chi connectivity index (χ1n) is 5.96. The highest BCUT2D eigenvalue weighted by Gasteiger charge is 2.26. The molecule has 1 rings (SSSR count).